The molecule has 0 atom stereocenters. The number of aryl methyl sites for hydroxylation is 1. The topological polar surface area (TPSA) is 49.3 Å². The van der Waals surface area contributed by atoms with Gasteiger partial charge in [-0.25, -0.2) is 0 Å². The first-order chi connectivity index (χ1) is 14.6. The van der Waals surface area contributed by atoms with E-state index >= 15 is 0 Å². The fourth-order valence-corrected chi connectivity index (χ4v) is 3.90. The van der Waals surface area contributed by atoms with Gasteiger partial charge >= 0.3 is 0 Å². The number of hydrogen-bond acceptors (Lipinski definition) is 4. The van der Waals surface area contributed by atoms with Crippen molar-refractivity contribution in [2.45, 2.75) is 19.8 Å². The zero-order valence-corrected chi connectivity index (χ0v) is 18.7. The van der Waals surface area contributed by atoms with E-state index in [1.807, 2.05) is 41.3 Å². The Hall–Kier alpha value is -2.73. The Morgan fingerprint density at radius 1 is 0.867 bits per heavy atom. The number of benzene rings is 2. The summed E-state index contributed by atoms with van der Waals surface area (Å²) in [6, 6.07) is 20.4. The number of halogens is 1. The summed E-state index contributed by atoms with van der Waals surface area (Å²) >= 11 is 3.43. The first-order valence-corrected chi connectivity index (χ1v) is 11.1. The van der Waals surface area contributed by atoms with Crippen LogP contribution < -0.4 is 4.90 Å². The molecule has 5 nitrogen and oxygen atoms in total. The van der Waals surface area contributed by atoms with Crippen LogP contribution in [0.1, 0.15) is 18.1 Å². The third kappa shape index (κ3) is 4.87. The predicted octanol–water partition coefficient (Wildman–Crippen LogP) is 4.36. The molecule has 30 heavy (non-hydrogen) atoms. The summed E-state index contributed by atoms with van der Waals surface area (Å²) in [7, 11) is 0. The van der Waals surface area contributed by atoms with Gasteiger partial charge in [-0.15, -0.1) is 10.2 Å². The molecule has 0 N–H and O–H groups in total. The van der Waals surface area contributed by atoms with Crippen molar-refractivity contribution < 1.29 is 4.79 Å². The molecule has 3 aromatic rings. The van der Waals surface area contributed by atoms with Crippen molar-refractivity contribution in [3.05, 3.63) is 76.3 Å². The molecule has 2 aromatic carbocycles. The van der Waals surface area contributed by atoms with Crippen LogP contribution in [0.5, 0.6) is 0 Å². The molecule has 154 valence electrons. The van der Waals surface area contributed by atoms with E-state index in [2.05, 4.69) is 62.2 Å². The van der Waals surface area contributed by atoms with Crippen molar-refractivity contribution in [1.82, 2.24) is 15.1 Å². The summed E-state index contributed by atoms with van der Waals surface area (Å²) in [5, 5.41) is 8.86. The number of aromatic nitrogens is 2. The first kappa shape index (κ1) is 20.5. The van der Waals surface area contributed by atoms with E-state index in [9.17, 15) is 4.79 Å². The lowest BCUT2D eigenvalue weighted by molar-refractivity contribution is -0.130. The van der Waals surface area contributed by atoms with Gasteiger partial charge in [0, 0.05) is 36.2 Å². The fraction of sp³-hybridized carbons (Fsp3) is 0.292. The highest BCUT2D eigenvalue weighted by Gasteiger charge is 2.22. The number of amides is 1. The molecule has 0 spiro atoms. The highest BCUT2D eigenvalue weighted by atomic mass is 79.9. The second-order valence-electron chi connectivity index (χ2n) is 7.50. The van der Waals surface area contributed by atoms with Crippen molar-refractivity contribution in [2.75, 3.05) is 31.1 Å². The molecule has 1 aliphatic rings. The van der Waals surface area contributed by atoms with Gasteiger partial charge in [0.25, 0.3) is 0 Å². The molecule has 1 fully saturated rings. The molecule has 1 saturated heterocycles. The van der Waals surface area contributed by atoms with Gasteiger partial charge in [-0.3, -0.25) is 4.79 Å². The van der Waals surface area contributed by atoms with Crippen LogP contribution in [0.3, 0.4) is 0 Å². The van der Waals surface area contributed by atoms with Gasteiger partial charge in [-0.05, 0) is 41.8 Å². The van der Waals surface area contributed by atoms with Crippen molar-refractivity contribution in [3.63, 3.8) is 0 Å². The maximum atomic E-state index is 12.6. The van der Waals surface area contributed by atoms with E-state index in [-0.39, 0.29) is 5.91 Å². The summed E-state index contributed by atoms with van der Waals surface area (Å²) in [6.07, 6.45) is 1.47. The second-order valence-corrected chi connectivity index (χ2v) is 8.41. The molecule has 2 heterocycles. The SMILES string of the molecule is CCc1ccc(-c2ccc(N3CCN(C(=O)Cc4ccc(Br)cc4)CC3)nn2)cc1. The highest BCUT2D eigenvalue weighted by Crippen LogP contribution is 2.20. The van der Waals surface area contributed by atoms with Gasteiger partial charge in [0.1, 0.15) is 0 Å². The average Bonchev–Trinajstić information content (AvgIpc) is 2.81. The summed E-state index contributed by atoms with van der Waals surface area (Å²) in [4.78, 5) is 16.7. The minimum Gasteiger partial charge on any atom is -0.352 e. The molecular weight excluding hydrogens is 440 g/mol. The van der Waals surface area contributed by atoms with Crippen LogP contribution in [-0.2, 0) is 17.6 Å². The van der Waals surface area contributed by atoms with Gasteiger partial charge in [-0.2, -0.15) is 0 Å². The lowest BCUT2D eigenvalue weighted by atomic mass is 10.1. The summed E-state index contributed by atoms with van der Waals surface area (Å²) in [5.41, 5.74) is 4.31. The molecule has 6 heteroatoms. The van der Waals surface area contributed by atoms with Crippen molar-refractivity contribution in [3.8, 4) is 11.3 Å². The smallest absolute Gasteiger partial charge is 0.227 e. The van der Waals surface area contributed by atoms with Gasteiger partial charge in [-0.1, -0.05) is 59.3 Å². The van der Waals surface area contributed by atoms with Crippen molar-refractivity contribution in [1.29, 1.82) is 0 Å². The number of carbonyl (C=O) groups excluding carboxylic acids is 1. The summed E-state index contributed by atoms with van der Waals surface area (Å²) in [5.74, 6) is 1.04. The number of rotatable bonds is 5. The van der Waals surface area contributed by atoms with Crippen LogP contribution in [0.4, 0.5) is 5.82 Å². The quantitative estimate of drug-likeness (QED) is 0.562. The van der Waals surface area contributed by atoms with Gasteiger partial charge < -0.3 is 9.80 Å². The second kappa shape index (κ2) is 9.39. The fourth-order valence-electron chi connectivity index (χ4n) is 3.63. The zero-order chi connectivity index (χ0) is 20.9. The number of carbonyl (C=O) groups is 1. The number of nitrogens with zero attached hydrogens (tertiary/aromatic N) is 4. The molecule has 0 unspecified atom stereocenters. The Labute approximate surface area is 185 Å². The lowest BCUT2D eigenvalue weighted by Gasteiger charge is -2.35. The van der Waals surface area contributed by atoms with Crippen LogP contribution in [0.2, 0.25) is 0 Å². The van der Waals surface area contributed by atoms with Crippen molar-refractivity contribution in [2.24, 2.45) is 0 Å². The van der Waals surface area contributed by atoms with Gasteiger partial charge in [0.2, 0.25) is 5.91 Å². The zero-order valence-electron chi connectivity index (χ0n) is 17.1. The van der Waals surface area contributed by atoms with E-state index < -0.39 is 0 Å². The molecule has 1 aromatic heterocycles. The Bertz CT molecular complexity index is 979. The van der Waals surface area contributed by atoms with Crippen LogP contribution in [0, 0.1) is 0 Å². The van der Waals surface area contributed by atoms with Crippen molar-refractivity contribution >= 4 is 27.7 Å². The van der Waals surface area contributed by atoms with Crippen LogP contribution in [-0.4, -0.2) is 47.2 Å². The normalized spacial score (nSPS) is 14.1. The minimum absolute atomic E-state index is 0.175. The third-order valence-electron chi connectivity index (χ3n) is 5.53. The highest BCUT2D eigenvalue weighted by molar-refractivity contribution is 9.10. The molecular formula is C24H25BrN4O. The Kier molecular flexibility index (Phi) is 6.43. The van der Waals surface area contributed by atoms with E-state index in [0.29, 0.717) is 19.5 Å². The molecule has 0 saturated carbocycles. The average molecular weight is 465 g/mol. The largest absolute Gasteiger partial charge is 0.352 e. The van der Waals surface area contributed by atoms with E-state index in [1.54, 1.807) is 0 Å². The van der Waals surface area contributed by atoms with Crippen LogP contribution in [0.15, 0.2) is 65.1 Å². The lowest BCUT2D eigenvalue weighted by Crippen LogP contribution is -2.49. The Balaban J connectivity index is 1.33. The first-order valence-electron chi connectivity index (χ1n) is 10.3. The van der Waals surface area contributed by atoms with Crippen LogP contribution in [0.25, 0.3) is 11.3 Å². The third-order valence-corrected chi connectivity index (χ3v) is 6.06. The predicted molar refractivity (Wildman–Crippen MR) is 123 cm³/mol. The van der Waals surface area contributed by atoms with E-state index in [1.165, 1.54) is 5.56 Å². The maximum absolute atomic E-state index is 12.6. The summed E-state index contributed by atoms with van der Waals surface area (Å²) in [6.45, 7) is 5.10. The maximum Gasteiger partial charge on any atom is 0.227 e. The standard InChI is InChI=1S/C24H25BrN4O/c1-2-18-3-7-20(8-4-18)22-11-12-23(27-26-22)28-13-15-29(16-14-28)24(30)17-19-5-9-21(25)10-6-19/h3-12H,2,13-17H2,1H3. The number of piperazine rings is 1. The monoisotopic (exact) mass is 464 g/mol. The molecule has 4 rings (SSSR count). The number of hydrogen-bond donors (Lipinski definition) is 0. The van der Waals surface area contributed by atoms with Gasteiger partial charge in [0.05, 0.1) is 12.1 Å². The Morgan fingerprint density at radius 2 is 1.53 bits per heavy atom. The molecule has 0 aliphatic carbocycles. The molecule has 1 aliphatic heterocycles. The Morgan fingerprint density at radius 3 is 2.13 bits per heavy atom. The van der Waals surface area contributed by atoms with E-state index in [0.717, 1.165) is 46.6 Å². The van der Waals surface area contributed by atoms with Crippen LogP contribution >= 0.6 is 15.9 Å². The minimum atomic E-state index is 0.175. The number of anilines is 1. The summed E-state index contributed by atoms with van der Waals surface area (Å²) < 4.78 is 1.03. The van der Waals surface area contributed by atoms with E-state index in [4.69, 9.17) is 0 Å². The molecule has 1 amide bonds. The van der Waals surface area contributed by atoms with Gasteiger partial charge in [0.15, 0.2) is 5.82 Å². The molecule has 0 radical (unpaired) electrons. The molecule has 0 bridgehead atoms.